The third-order valence-electron chi connectivity index (χ3n) is 6.06. The van der Waals surface area contributed by atoms with Crippen LogP contribution >= 0.6 is 0 Å². The Morgan fingerprint density at radius 1 is 0.974 bits per heavy atom. The fraction of sp³-hybridized carbons (Fsp3) is 0.143. The molecule has 1 aliphatic rings. The molecule has 4 aromatic rings. The van der Waals surface area contributed by atoms with Gasteiger partial charge in [0.25, 0.3) is 0 Å². The van der Waals surface area contributed by atoms with Gasteiger partial charge in [0.05, 0.1) is 17.4 Å². The van der Waals surface area contributed by atoms with E-state index in [-0.39, 0.29) is 19.1 Å². The Labute approximate surface area is 222 Å². The average molecular weight is 532 g/mol. The number of hydrogen-bond acceptors (Lipinski definition) is 6. The highest BCUT2D eigenvalue weighted by molar-refractivity contribution is 7.83. The van der Waals surface area contributed by atoms with Crippen molar-refractivity contribution in [2.24, 2.45) is 0 Å². The van der Waals surface area contributed by atoms with Crippen LogP contribution in [0.4, 0.5) is 10.5 Å². The van der Waals surface area contributed by atoms with Gasteiger partial charge in [0.1, 0.15) is 6.04 Å². The van der Waals surface area contributed by atoms with Gasteiger partial charge < -0.3 is 24.1 Å². The fourth-order valence-corrected chi connectivity index (χ4v) is 5.04. The number of carbonyl (C=O) groups is 2. The topological polar surface area (TPSA) is 110 Å². The van der Waals surface area contributed by atoms with Crippen LogP contribution in [-0.4, -0.2) is 36.0 Å². The maximum absolute atomic E-state index is 13.6. The number of carbonyl (C=O) groups excluding carboxylic acids is 2. The zero-order valence-electron chi connectivity index (χ0n) is 20.5. The minimum absolute atomic E-state index is 0.121. The number of fused-ring (bicyclic) bond motifs is 1. The zero-order valence-corrected chi connectivity index (χ0v) is 21.3. The molecule has 2 unspecified atom stereocenters. The van der Waals surface area contributed by atoms with Crippen LogP contribution in [0.1, 0.15) is 5.56 Å². The third kappa shape index (κ3) is 5.55. The first-order valence-electron chi connectivity index (χ1n) is 11.8. The number of amides is 3. The van der Waals surface area contributed by atoms with Crippen molar-refractivity contribution in [2.45, 2.75) is 17.4 Å². The highest BCUT2D eigenvalue weighted by atomic mass is 32.2. The number of likely N-dealkylation sites (N-methyl/N-ethyl adjacent to an activating group) is 1. The lowest BCUT2D eigenvalue weighted by atomic mass is 10.0. The molecule has 0 saturated heterocycles. The van der Waals surface area contributed by atoms with E-state index in [4.69, 9.17) is 13.9 Å². The molecule has 38 heavy (non-hydrogen) atoms. The molecular weight excluding hydrogens is 506 g/mol. The standard InChI is InChI=1S/C28H25N3O6S/c1-31(21-11-12-24-25(16-21)37-18-36-24)27(32)23(15-19-7-3-2-4-8-19)29-28(33)30-38(34)26-10-6-5-9-22(26)20-13-14-35-17-20/h2-14,16-17,23H,15,18H2,1H3,(H2,29,30,33). The molecule has 194 valence electrons. The molecule has 0 fully saturated rings. The number of rotatable bonds is 8. The van der Waals surface area contributed by atoms with E-state index in [1.54, 1.807) is 49.5 Å². The van der Waals surface area contributed by atoms with Gasteiger partial charge in [0, 0.05) is 36.3 Å². The summed E-state index contributed by atoms with van der Waals surface area (Å²) >= 11 is 0. The van der Waals surface area contributed by atoms with Crippen molar-refractivity contribution >= 4 is 28.6 Å². The first-order valence-corrected chi connectivity index (χ1v) is 13.0. The van der Waals surface area contributed by atoms with Crippen LogP contribution in [-0.2, 0) is 22.2 Å². The molecule has 2 N–H and O–H groups in total. The fourth-order valence-electron chi connectivity index (χ4n) is 4.12. The maximum atomic E-state index is 13.6. The molecule has 2 atom stereocenters. The molecule has 0 saturated carbocycles. The summed E-state index contributed by atoms with van der Waals surface area (Å²) in [5.41, 5.74) is 2.84. The number of benzene rings is 3. The summed E-state index contributed by atoms with van der Waals surface area (Å²) in [6, 6.07) is 21.6. The number of nitrogens with one attached hydrogen (secondary N) is 2. The second-order valence-electron chi connectivity index (χ2n) is 8.53. The first-order chi connectivity index (χ1) is 18.5. The molecule has 0 radical (unpaired) electrons. The number of nitrogens with zero attached hydrogens (tertiary/aromatic N) is 1. The largest absolute Gasteiger partial charge is 0.472 e. The lowest BCUT2D eigenvalue weighted by Crippen LogP contribution is -2.51. The number of anilines is 1. The molecule has 5 rings (SSSR count). The summed E-state index contributed by atoms with van der Waals surface area (Å²) in [5, 5.41) is 2.71. The van der Waals surface area contributed by atoms with Crippen molar-refractivity contribution in [1.82, 2.24) is 10.0 Å². The number of hydrogen-bond donors (Lipinski definition) is 2. The number of ether oxygens (including phenoxy) is 2. The molecule has 0 aliphatic carbocycles. The van der Waals surface area contributed by atoms with Crippen LogP contribution in [0.3, 0.4) is 0 Å². The van der Waals surface area contributed by atoms with Crippen LogP contribution in [0, 0.1) is 0 Å². The third-order valence-corrected chi connectivity index (χ3v) is 7.19. The zero-order chi connectivity index (χ0) is 26.5. The Kier molecular flexibility index (Phi) is 7.41. The minimum Gasteiger partial charge on any atom is -0.472 e. The molecule has 1 aliphatic heterocycles. The Morgan fingerprint density at radius 3 is 2.53 bits per heavy atom. The number of furan rings is 1. The molecule has 1 aromatic heterocycles. The SMILES string of the molecule is CN(C(=O)C(Cc1ccccc1)NC(=O)NS(=O)c1ccccc1-c1ccoc1)c1ccc2c(c1)OCO2. The summed E-state index contributed by atoms with van der Waals surface area (Å²) in [4.78, 5) is 28.4. The summed E-state index contributed by atoms with van der Waals surface area (Å²) in [7, 11) is -0.270. The average Bonchev–Trinajstić information content (AvgIpc) is 3.64. The monoisotopic (exact) mass is 531 g/mol. The second-order valence-corrected chi connectivity index (χ2v) is 9.71. The smallest absolute Gasteiger partial charge is 0.327 e. The Balaban J connectivity index is 1.34. The van der Waals surface area contributed by atoms with Gasteiger partial charge in [-0.3, -0.25) is 9.52 Å². The van der Waals surface area contributed by atoms with E-state index < -0.39 is 23.1 Å². The Hall–Kier alpha value is -4.57. The van der Waals surface area contributed by atoms with Crippen molar-refractivity contribution in [3.05, 3.63) is 97.0 Å². The highest BCUT2D eigenvalue weighted by Crippen LogP contribution is 2.35. The van der Waals surface area contributed by atoms with Gasteiger partial charge in [0.2, 0.25) is 12.7 Å². The van der Waals surface area contributed by atoms with Crippen LogP contribution in [0.5, 0.6) is 11.5 Å². The van der Waals surface area contributed by atoms with Gasteiger partial charge in [-0.2, -0.15) is 0 Å². The summed E-state index contributed by atoms with van der Waals surface area (Å²) in [5.74, 6) is 0.790. The highest BCUT2D eigenvalue weighted by Gasteiger charge is 2.27. The molecule has 0 bridgehead atoms. The van der Waals surface area contributed by atoms with Gasteiger partial charge in [0.15, 0.2) is 22.5 Å². The van der Waals surface area contributed by atoms with Crippen molar-refractivity contribution < 1.29 is 27.7 Å². The second kappa shape index (κ2) is 11.2. The van der Waals surface area contributed by atoms with Gasteiger partial charge in [-0.25, -0.2) is 9.00 Å². The van der Waals surface area contributed by atoms with Crippen LogP contribution in [0.2, 0.25) is 0 Å². The molecule has 0 spiro atoms. The molecule has 3 aromatic carbocycles. The van der Waals surface area contributed by atoms with E-state index in [9.17, 15) is 13.8 Å². The van der Waals surface area contributed by atoms with Crippen LogP contribution in [0.15, 0.2) is 101 Å². The normalized spacial score (nSPS) is 13.4. The van der Waals surface area contributed by atoms with Crippen LogP contribution < -0.4 is 24.4 Å². The lowest BCUT2D eigenvalue weighted by Gasteiger charge is -2.25. The van der Waals surface area contributed by atoms with Gasteiger partial charge in [-0.05, 0) is 29.8 Å². The van der Waals surface area contributed by atoms with E-state index in [2.05, 4.69) is 10.0 Å². The Bertz CT molecular complexity index is 1460. The summed E-state index contributed by atoms with van der Waals surface area (Å²) < 4.78 is 31.5. The van der Waals surface area contributed by atoms with Gasteiger partial charge in [-0.1, -0.05) is 48.5 Å². The molecular formula is C28H25N3O6S. The van der Waals surface area contributed by atoms with E-state index in [0.717, 1.165) is 11.1 Å². The van der Waals surface area contributed by atoms with Crippen LogP contribution in [0.25, 0.3) is 11.1 Å². The quantitative estimate of drug-likeness (QED) is 0.351. The van der Waals surface area contributed by atoms with Crippen molar-refractivity contribution in [3.8, 4) is 22.6 Å². The van der Waals surface area contributed by atoms with E-state index in [0.29, 0.717) is 27.6 Å². The van der Waals surface area contributed by atoms with Crippen molar-refractivity contribution in [1.29, 1.82) is 0 Å². The predicted octanol–water partition coefficient (Wildman–Crippen LogP) is 4.27. The summed E-state index contributed by atoms with van der Waals surface area (Å²) in [6.07, 6.45) is 3.29. The first kappa shape index (κ1) is 25.1. The number of urea groups is 1. The van der Waals surface area contributed by atoms with Gasteiger partial charge in [-0.15, -0.1) is 0 Å². The molecule has 2 heterocycles. The minimum atomic E-state index is -1.89. The van der Waals surface area contributed by atoms with E-state index >= 15 is 0 Å². The molecule has 10 heteroatoms. The molecule has 9 nitrogen and oxygen atoms in total. The van der Waals surface area contributed by atoms with Crippen molar-refractivity contribution in [3.63, 3.8) is 0 Å². The Morgan fingerprint density at radius 2 is 1.74 bits per heavy atom. The lowest BCUT2D eigenvalue weighted by molar-refractivity contribution is -0.120. The predicted molar refractivity (Wildman–Crippen MR) is 142 cm³/mol. The molecule has 3 amide bonds. The summed E-state index contributed by atoms with van der Waals surface area (Å²) in [6.45, 7) is 0.121. The van der Waals surface area contributed by atoms with Gasteiger partial charge >= 0.3 is 6.03 Å². The maximum Gasteiger partial charge on any atom is 0.327 e. The van der Waals surface area contributed by atoms with E-state index in [1.165, 1.54) is 17.4 Å². The van der Waals surface area contributed by atoms with E-state index in [1.807, 2.05) is 36.4 Å². The van der Waals surface area contributed by atoms with Crippen molar-refractivity contribution in [2.75, 3.05) is 18.7 Å².